The second kappa shape index (κ2) is 10.1. The minimum atomic E-state index is -0.846. The Morgan fingerprint density at radius 1 is 1.44 bits per heavy atom. The quantitative estimate of drug-likeness (QED) is 0.290. The van der Waals surface area contributed by atoms with Crippen molar-refractivity contribution in [1.82, 2.24) is 9.97 Å². The van der Waals surface area contributed by atoms with Crippen LogP contribution in [0.25, 0.3) is 0 Å². The zero-order valence-corrected chi connectivity index (χ0v) is 20.3. The summed E-state index contributed by atoms with van der Waals surface area (Å²) < 4.78 is 37.9. The van der Waals surface area contributed by atoms with Crippen molar-refractivity contribution < 1.29 is 33.1 Å². The molecule has 11 heteroatoms. The number of imidazole rings is 1. The summed E-state index contributed by atoms with van der Waals surface area (Å²) in [6.07, 6.45) is 4.41. The molecule has 0 saturated carbocycles. The van der Waals surface area contributed by atoms with Gasteiger partial charge in [0.25, 0.3) is 0 Å². The first kappa shape index (κ1) is 25.4. The number of allylic oxidation sites excluding steroid dienone is 2. The molecular weight excluding hydrogens is 473 g/mol. The summed E-state index contributed by atoms with van der Waals surface area (Å²) in [7, 11) is 1.40. The smallest absolute Gasteiger partial charge is 0.432 e. The van der Waals surface area contributed by atoms with Crippen LogP contribution in [-0.4, -0.2) is 40.2 Å². The maximum atomic E-state index is 15.1. The minimum Gasteiger partial charge on any atom is -0.493 e. The molecule has 1 aliphatic heterocycles. The van der Waals surface area contributed by atoms with E-state index < -0.39 is 16.3 Å². The van der Waals surface area contributed by atoms with Crippen LogP contribution in [0.3, 0.4) is 0 Å². The molecule has 4 rings (SSSR count). The molecule has 0 radical (unpaired) electrons. The van der Waals surface area contributed by atoms with Crippen LogP contribution in [0.15, 0.2) is 36.6 Å². The van der Waals surface area contributed by atoms with Gasteiger partial charge in [-0.3, -0.25) is 4.79 Å². The predicted molar refractivity (Wildman–Crippen MR) is 126 cm³/mol. The molecule has 0 unspecified atom stereocenters. The van der Waals surface area contributed by atoms with Crippen molar-refractivity contribution in [3.8, 4) is 11.5 Å². The number of benzene rings is 1. The van der Waals surface area contributed by atoms with Crippen LogP contribution in [-0.2, 0) is 27.3 Å². The number of halogens is 1. The third-order valence-corrected chi connectivity index (χ3v) is 6.80. The lowest BCUT2D eigenvalue weighted by molar-refractivity contribution is -0.393. The summed E-state index contributed by atoms with van der Waals surface area (Å²) in [5.41, 5.74) is 0.371. The number of aromatic amines is 1. The van der Waals surface area contributed by atoms with Crippen LogP contribution in [0.1, 0.15) is 36.7 Å². The van der Waals surface area contributed by atoms with Gasteiger partial charge in [0.15, 0.2) is 35.5 Å². The standard InChI is InChI=1S/C25H28FN3O7/c1-5-6-16-11-25(23(10-20(16)30)35-13-36-25)14(2)7-17-8-22(21(33-4)9-18(17)26)34-12-19-15(3)27-24(28-19)29(31)32/h5,8-10,14,16H,1,6-7,11-13H2,2-4H3,(H,27,28)/t14-,16-,25+/m0/s1. The highest BCUT2D eigenvalue weighted by molar-refractivity contribution is 5.93. The highest BCUT2D eigenvalue weighted by Crippen LogP contribution is 2.47. The summed E-state index contributed by atoms with van der Waals surface area (Å²) in [5, 5.41) is 11.0. The Kier molecular flexibility index (Phi) is 7.11. The molecule has 1 aliphatic carbocycles. The van der Waals surface area contributed by atoms with Gasteiger partial charge in [-0.25, -0.2) is 9.37 Å². The van der Waals surface area contributed by atoms with E-state index in [4.69, 9.17) is 18.9 Å². The van der Waals surface area contributed by atoms with E-state index in [9.17, 15) is 14.9 Å². The number of nitrogens with one attached hydrogen (secondary N) is 1. The number of nitrogens with zero attached hydrogens (tertiary/aromatic N) is 2. The van der Waals surface area contributed by atoms with Crippen molar-refractivity contribution in [2.75, 3.05) is 13.9 Å². The third kappa shape index (κ3) is 4.70. The minimum absolute atomic E-state index is 0.0272. The number of ketones is 1. The van der Waals surface area contributed by atoms with Gasteiger partial charge < -0.3 is 29.1 Å². The van der Waals surface area contributed by atoms with Crippen LogP contribution < -0.4 is 9.47 Å². The highest BCUT2D eigenvalue weighted by Gasteiger charge is 2.51. The van der Waals surface area contributed by atoms with E-state index in [1.165, 1.54) is 19.3 Å². The number of H-pyrrole nitrogens is 1. The molecule has 2 heterocycles. The first-order valence-corrected chi connectivity index (χ1v) is 11.5. The van der Waals surface area contributed by atoms with Gasteiger partial charge in [0.1, 0.15) is 23.8 Å². The van der Waals surface area contributed by atoms with Crippen LogP contribution >= 0.6 is 0 Å². The molecule has 1 fully saturated rings. The Bertz CT molecular complexity index is 1220. The fourth-order valence-corrected chi connectivity index (χ4v) is 4.77. The highest BCUT2D eigenvalue weighted by atomic mass is 19.1. The molecule has 2 aliphatic rings. The monoisotopic (exact) mass is 501 g/mol. The van der Waals surface area contributed by atoms with Gasteiger partial charge in [0.05, 0.1) is 7.11 Å². The van der Waals surface area contributed by atoms with Gasteiger partial charge in [-0.05, 0) is 48.7 Å². The lowest BCUT2D eigenvalue weighted by Crippen LogP contribution is -2.45. The molecule has 1 saturated heterocycles. The van der Waals surface area contributed by atoms with E-state index in [1.54, 1.807) is 19.1 Å². The summed E-state index contributed by atoms with van der Waals surface area (Å²) in [5.74, 6) is -0.469. The Labute approximate surface area is 207 Å². The van der Waals surface area contributed by atoms with Gasteiger partial charge in [0.2, 0.25) is 0 Å². The van der Waals surface area contributed by atoms with E-state index in [-0.39, 0.29) is 54.9 Å². The average molecular weight is 502 g/mol. The van der Waals surface area contributed by atoms with Crippen LogP contribution in [0, 0.1) is 34.7 Å². The molecule has 1 N–H and O–H groups in total. The third-order valence-electron chi connectivity index (χ3n) is 6.80. The first-order valence-electron chi connectivity index (χ1n) is 11.5. The van der Waals surface area contributed by atoms with Gasteiger partial charge >= 0.3 is 5.95 Å². The number of nitro groups is 1. The summed E-state index contributed by atoms with van der Waals surface area (Å²) in [4.78, 5) is 29.3. The van der Waals surface area contributed by atoms with Crippen molar-refractivity contribution in [3.63, 3.8) is 0 Å². The van der Waals surface area contributed by atoms with E-state index in [0.717, 1.165) is 0 Å². The topological polar surface area (TPSA) is 126 Å². The van der Waals surface area contributed by atoms with Crippen molar-refractivity contribution >= 4 is 11.7 Å². The van der Waals surface area contributed by atoms with Crippen molar-refractivity contribution in [1.29, 1.82) is 0 Å². The maximum Gasteiger partial charge on any atom is 0.432 e. The molecule has 1 aromatic heterocycles. The number of methoxy groups -OCH3 is 1. The van der Waals surface area contributed by atoms with E-state index in [2.05, 4.69) is 16.5 Å². The number of carbonyl (C=O) groups is 1. The normalized spacial score (nSPS) is 21.8. The Morgan fingerprint density at radius 2 is 2.22 bits per heavy atom. The largest absolute Gasteiger partial charge is 0.493 e. The van der Waals surface area contributed by atoms with Gasteiger partial charge in [-0.1, -0.05) is 18.0 Å². The fourth-order valence-electron chi connectivity index (χ4n) is 4.77. The Morgan fingerprint density at radius 3 is 2.89 bits per heavy atom. The molecule has 36 heavy (non-hydrogen) atoms. The summed E-state index contributed by atoms with van der Waals surface area (Å²) in [6.45, 7) is 7.27. The number of hydrogen-bond acceptors (Lipinski definition) is 8. The van der Waals surface area contributed by atoms with Crippen molar-refractivity contribution in [2.45, 2.75) is 45.3 Å². The van der Waals surface area contributed by atoms with E-state index >= 15 is 4.39 Å². The maximum absolute atomic E-state index is 15.1. The summed E-state index contributed by atoms with van der Waals surface area (Å²) in [6, 6.07) is 2.79. The lowest BCUT2D eigenvalue weighted by Gasteiger charge is -2.38. The number of hydrogen-bond donors (Lipinski definition) is 1. The zero-order chi connectivity index (χ0) is 26.0. The SMILES string of the molecule is C=CC[C@H]1C[C@]2([C@@H](C)Cc3cc(OCc4[nH]c([N+](=O)[O-])nc4C)c(OC)cc3F)OCOC2=CC1=O. The first-order chi connectivity index (χ1) is 17.2. The Balaban J connectivity index is 1.58. The van der Waals surface area contributed by atoms with Gasteiger partial charge in [-0.15, -0.1) is 6.58 Å². The van der Waals surface area contributed by atoms with Crippen LogP contribution in [0.4, 0.5) is 10.3 Å². The molecule has 1 aromatic carbocycles. The average Bonchev–Trinajstić information content (AvgIpc) is 3.43. The van der Waals surface area contributed by atoms with Crippen LogP contribution in [0.2, 0.25) is 0 Å². The van der Waals surface area contributed by atoms with E-state index in [1.807, 2.05) is 6.92 Å². The fraction of sp³-hybridized carbons (Fsp3) is 0.440. The van der Waals surface area contributed by atoms with Crippen molar-refractivity contribution in [2.24, 2.45) is 11.8 Å². The molecule has 2 aromatic rings. The zero-order valence-electron chi connectivity index (χ0n) is 20.3. The summed E-state index contributed by atoms with van der Waals surface area (Å²) >= 11 is 0. The number of ether oxygens (including phenoxy) is 4. The lowest BCUT2D eigenvalue weighted by atomic mass is 9.71. The molecule has 10 nitrogen and oxygen atoms in total. The van der Waals surface area contributed by atoms with E-state index in [0.29, 0.717) is 35.6 Å². The van der Waals surface area contributed by atoms with Gasteiger partial charge in [0, 0.05) is 18.1 Å². The number of carbonyl (C=O) groups excluding carboxylic acids is 1. The molecule has 3 atom stereocenters. The molecule has 0 spiro atoms. The molecule has 0 amide bonds. The number of rotatable bonds is 10. The van der Waals surface area contributed by atoms with Crippen LogP contribution in [0.5, 0.6) is 11.5 Å². The molecular formula is C25H28FN3O7. The number of aryl methyl sites for hydroxylation is 1. The second-order valence-corrected chi connectivity index (χ2v) is 9.00. The molecule has 192 valence electrons. The second-order valence-electron chi connectivity index (χ2n) is 9.00. The predicted octanol–water partition coefficient (Wildman–Crippen LogP) is 4.32. The number of aromatic nitrogens is 2. The number of fused-ring (bicyclic) bond motifs is 1. The molecule has 0 bridgehead atoms. The van der Waals surface area contributed by atoms with Crippen molar-refractivity contribution in [3.05, 3.63) is 69.5 Å². The van der Waals surface area contributed by atoms with Gasteiger partial charge in [-0.2, -0.15) is 0 Å². The Hall–Kier alpha value is -3.73.